The second-order valence-electron chi connectivity index (χ2n) is 11.4. The van der Waals surface area contributed by atoms with Crippen molar-refractivity contribution in [2.45, 2.75) is 18.9 Å². The molecule has 0 N–H and O–H groups in total. The van der Waals surface area contributed by atoms with Crippen molar-refractivity contribution >= 4 is 27.7 Å². The molecule has 0 fully saturated rings. The first kappa shape index (κ1) is 28.4. The molecule has 0 aromatic heterocycles. The van der Waals surface area contributed by atoms with E-state index in [0.717, 1.165) is 57.4 Å². The number of fused-ring (bicyclic) bond motifs is 1. The van der Waals surface area contributed by atoms with Gasteiger partial charge in [0, 0.05) is 11.3 Å². The fourth-order valence-electron chi connectivity index (χ4n) is 6.48. The second-order valence-corrected chi connectivity index (χ2v) is 11.4. The van der Waals surface area contributed by atoms with Gasteiger partial charge >= 0.3 is 0 Å². The molecule has 1 unspecified atom stereocenters. The third kappa shape index (κ3) is 5.77. The van der Waals surface area contributed by atoms with Gasteiger partial charge in [-0.25, -0.2) is 4.39 Å². The highest BCUT2D eigenvalue weighted by molar-refractivity contribution is 5.97. The molecule has 0 bridgehead atoms. The van der Waals surface area contributed by atoms with Crippen LogP contribution in [-0.2, 0) is 6.42 Å². The number of allylic oxidation sites excluding steroid dienone is 2. The SMILES string of the molecule is COc1cccc(C2C(CCc3ccccc3)=C(c3ccccc3)C=C(c3ccccc3F)N2c2ccc3ccccc3c2)c1. The van der Waals surface area contributed by atoms with Crippen molar-refractivity contribution < 1.29 is 9.13 Å². The summed E-state index contributed by atoms with van der Waals surface area (Å²) >= 11 is 0. The van der Waals surface area contributed by atoms with Gasteiger partial charge in [-0.05, 0) is 93.9 Å². The summed E-state index contributed by atoms with van der Waals surface area (Å²) < 4.78 is 21.6. The van der Waals surface area contributed by atoms with Crippen LogP contribution in [0.3, 0.4) is 0 Å². The molecule has 45 heavy (non-hydrogen) atoms. The maximum atomic E-state index is 15.9. The predicted molar refractivity (Wildman–Crippen MR) is 185 cm³/mol. The number of benzene rings is 6. The van der Waals surface area contributed by atoms with E-state index in [1.807, 2.05) is 30.3 Å². The van der Waals surface area contributed by atoms with Gasteiger partial charge in [0.25, 0.3) is 0 Å². The number of hydrogen-bond donors (Lipinski definition) is 0. The zero-order valence-electron chi connectivity index (χ0n) is 25.2. The molecule has 7 rings (SSSR count). The van der Waals surface area contributed by atoms with E-state index in [9.17, 15) is 0 Å². The minimum atomic E-state index is -0.251. The van der Waals surface area contributed by atoms with Crippen molar-refractivity contribution in [3.05, 3.63) is 191 Å². The van der Waals surface area contributed by atoms with Gasteiger partial charge in [0.15, 0.2) is 0 Å². The van der Waals surface area contributed by atoms with Crippen LogP contribution in [0.5, 0.6) is 5.75 Å². The number of anilines is 1. The van der Waals surface area contributed by atoms with E-state index in [-0.39, 0.29) is 11.9 Å². The summed E-state index contributed by atoms with van der Waals surface area (Å²) in [5.74, 6) is 0.538. The van der Waals surface area contributed by atoms with Crippen LogP contribution < -0.4 is 9.64 Å². The van der Waals surface area contributed by atoms with E-state index >= 15 is 4.39 Å². The second kappa shape index (κ2) is 12.7. The smallest absolute Gasteiger partial charge is 0.132 e. The Hall–Kier alpha value is -5.41. The normalized spacial score (nSPS) is 14.8. The van der Waals surface area contributed by atoms with Gasteiger partial charge in [-0.15, -0.1) is 0 Å². The molecule has 0 saturated carbocycles. The van der Waals surface area contributed by atoms with Gasteiger partial charge < -0.3 is 9.64 Å². The van der Waals surface area contributed by atoms with E-state index in [1.165, 1.54) is 11.1 Å². The lowest BCUT2D eigenvalue weighted by Gasteiger charge is -2.42. The average molecular weight is 588 g/mol. The van der Waals surface area contributed by atoms with E-state index in [1.54, 1.807) is 19.2 Å². The minimum Gasteiger partial charge on any atom is -0.497 e. The molecule has 0 radical (unpaired) electrons. The standard InChI is InChI=1S/C42H34FNO/c1-45-36-20-12-19-34(28-36)42-37(26-23-30-13-4-2-5-14-30)39(32-16-6-3-7-17-32)29-41(38-21-10-11-22-40(38)43)44(42)35-25-24-31-15-8-9-18-33(31)27-35/h2-22,24-25,27-29,42H,23,26H2,1H3. The number of halogens is 1. The highest BCUT2D eigenvalue weighted by Crippen LogP contribution is 2.49. The average Bonchev–Trinajstić information content (AvgIpc) is 3.11. The molecule has 1 aliphatic rings. The van der Waals surface area contributed by atoms with Gasteiger partial charge in [-0.2, -0.15) is 0 Å². The van der Waals surface area contributed by atoms with Gasteiger partial charge in [0.05, 0.1) is 18.8 Å². The lowest BCUT2D eigenvalue weighted by molar-refractivity contribution is 0.414. The Morgan fingerprint density at radius 1 is 0.644 bits per heavy atom. The Kier molecular flexibility index (Phi) is 7.99. The Morgan fingerprint density at radius 3 is 2.13 bits per heavy atom. The molecule has 2 nitrogen and oxygen atoms in total. The van der Waals surface area contributed by atoms with Gasteiger partial charge in [0.2, 0.25) is 0 Å². The molecule has 1 atom stereocenters. The van der Waals surface area contributed by atoms with Crippen molar-refractivity contribution in [2.24, 2.45) is 0 Å². The fraction of sp³-hybridized carbons (Fsp3) is 0.0952. The summed E-state index contributed by atoms with van der Waals surface area (Å²) in [6, 6.07) is 51.2. The Labute approximate surface area is 264 Å². The van der Waals surface area contributed by atoms with Crippen LogP contribution in [0, 0.1) is 5.82 Å². The lowest BCUT2D eigenvalue weighted by atomic mass is 9.81. The molecule has 0 aliphatic carbocycles. The largest absolute Gasteiger partial charge is 0.497 e. The first-order valence-electron chi connectivity index (χ1n) is 15.4. The monoisotopic (exact) mass is 587 g/mol. The summed E-state index contributed by atoms with van der Waals surface area (Å²) in [6.45, 7) is 0. The van der Waals surface area contributed by atoms with E-state index in [2.05, 4.69) is 120 Å². The molecule has 6 aromatic rings. The predicted octanol–water partition coefficient (Wildman–Crippen LogP) is 10.7. The highest BCUT2D eigenvalue weighted by atomic mass is 19.1. The van der Waals surface area contributed by atoms with Crippen LogP contribution in [0.1, 0.15) is 34.7 Å². The summed E-state index contributed by atoms with van der Waals surface area (Å²) in [5, 5.41) is 2.30. The summed E-state index contributed by atoms with van der Waals surface area (Å²) in [5.41, 5.74) is 8.25. The third-order valence-corrected chi connectivity index (χ3v) is 8.66. The topological polar surface area (TPSA) is 12.5 Å². The van der Waals surface area contributed by atoms with Crippen LogP contribution >= 0.6 is 0 Å². The molecule has 0 spiro atoms. The number of methoxy groups -OCH3 is 1. The lowest BCUT2D eigenvalue weighted by Crippen LogP contribution is -2.32. The van der Waals surface area contributed by atoms with Crippen LogP contribution in [0.25, 0.3) is 22.0 Å². The highest BCUT2D eigenvalue weighted by Gasteiger charge is 2.35. The molecule has 0 amide bonds. The third-order valence-electron chi connectivity index (χ3n) is 8.66. The minimum absolute atomic E-state index is 0.222. The van der Waals surface area contributed by atoms with Crippen molar-refractivity contribution in [3.8, 4) is 5.75 Å². The fourth-order valence-corrected chi connectivity index (χ4v) is 6.48. The zero-order valence-corrected chi connectivity index (χ0v) is 25.2. The van der Waals surface area contributed by atoms with Crippen LogP contribution in [-0.4, -0.2) is 7.11 Å². The summed E-state index contributed by atoms with van der Waals surface area (Å²) in [7, 11) is 1.70. The zero-order chi connectivity index (χ0) is 30.6. The summed E-state index contributed by atoms with van der Waals surface area (Å²) in [6.07, 6.45) is 3.89. The van der Waals surface area contributed by atoms with Gasteiger partial charge in [-0.1, -0.05) is 115 Å². The first-order valence-corrected chi connectivity index (χ1v) is 15.4. The van der Waals surface area contributed by atoms with Crippen molar-refractivity contribution in [1.29, 1.82) is 0 Å². The Morgan fingerprint density at radius 2 is 1.36 bits per heavy atom. The van der Waals surface area contributed by atoms with E-state index in [0.29, 0.717) is 5.56 Å². The van der Waals surface area contributed by atoms with Crippen molar-refractivity contribution in [1.82, 2.24) is 0 Å². The Bertz CT molecular complexity index is 2010. The van der Waals surface area contributed by atoms with Crippen molar-refractivity contribution in [2.75, 3.05) is 12.0 Å². The van der Waals surface area contributed by atoms with Crippen molar-refractivity contribution in [3.63, 3.8) is 0 Å². The van der Waals surface area contributed by atoms with Crippen LogP contribution in [0.15, 0.2) is 163 Å². The molecule has 6 aromatic carbocycles. The molecular weight excluding hydrogens is 553 g/mol. The van der Waals surface area contributed by atoms with Crippen LogP contribution in [0.4, 0.5) is 10.1 Å². The molecule has 1 aliphatic heterocycles. The number of nitrogens with zero attached hydrogens (tertiary/aromatic N) is 1. The van der Waals surface area contributed by atoms with Crippen LogP contribution in [0.2, 0.25) is 0 Å². The molecule has 220 valence electrons. The molecular formula is C42H34FNO. The first-order chi connectivity index (χ1) is 22.2. The molecule has 1 heterocycles. The summed E-state index contributed by atoms with van der Waals surface area (Å²) in [4.78, 5) is 2.33. The number of aryl methyl sites for hydroxylation is 1. The molecule has 0 saturated heterocycles. The maximum Gasteiger partial charge on any atom is 0.132 e. The number of hydrogen-bond acceptors (Lipinski definition) is 2. The Balaban J connectivity index is 1.53. The molecule has 3 heteroatoms. The number of ether oxygens (including phenoxy) is 1. The quantitative estimate of drug-likeness (QED) is 0.176. The van der Waals surface area contributed by atoms with E-state index in [4.69, 9.17) is 4.74 Å². The van der Waals surface area contributed by atoms with Gasteiger partial charge in [0.1, 0.15) is 11.6 Å². The maximum absolute atomic E-state index is 15.9. The number of rotatable bonds is 8. The van der Waals surface area contributed by atoms with Gasteiger partial charge in [-0.3, -0.25) is 0 Å². The van der Waals surface area contributed by atoms with E-state index < -0.39 is 0 Å².